The van der Waals surface area contributed by atoms with Crippen molar-refractivity contribution in [2.45, 2.75) is 20.8 Å². The fourth-order valence-electron chi connectivity index (χ4n) is 2.40. The molecule has 0 aliphatic rings. The van der Waals surface area contributed by atoms with Crippen LogP contribution in [0.15, 0.2) is 35.7 Å². The van der Waals surface area contributed by atoms with Crippen molar-refractivity contribution in [3.63, 3.8) is 0 Å². The van der Waals surface area contributed by atoms with Crippen LogP contribution < -0.4 is 5.73 Å². The van der Waals surface area contributed by atoms with Crippen molar-refractivity contribution in [3.05, 3.63) is 52.5 Å². The highest BCUT2D eigenvalue weighted by Gasteiger charge is 2.10. The maximum Gasteiger partial charge on any atom is 0.180 e. The van der Waals surface area contributed by atoms with Gasteiger partial charge >= 0.3 is 0 Å². The van der Waals surface area contributed by atoms with E-state index >= 15 is 0 Å². The summed E-state index contributed by atoms with van der Waals surface area (Å²) in [4.78, 5) is 9.09. The Balaban J connectivity index is 2.07. The van der Waals surface area contributed by atoms with Gasteiger partial charge in [-0.05, 0) is 44.5 Å². The van der Waals surface area contributed by atoms with Crippen molar-refractivity contribution in [2.24, 2.45) is 0 Å². The summed E-state index contributed by atoms with van der Waals surface area (Å²) in [6.45, 7) is 6.22. The zero-order chi connectivity index (χ0) is 15.0. The lowest BCUT2D eigenvalue weighted by atomic mass is 10.0. The van der Waals surface area contributed by atoms with Crippen LogP contribution in [0.25, 0.3) is 22.5 Å². The fourth-order valence-corrected chi connectivity index (χ4v) is 2.97. The van der Waals surface area contributed by atoms with Crippen LogP contribution in [0.5, 0.6) is 0 Å². The second-order valence-electron chi connectivity index (χ2n) is 5.22. The highest BCUT2D eigenvalue weighted by molar-refractivity contribution is 7.13. The lowest BCUT2D eigenvalue weighted by Gasteiger charge is -2.09. The molecule has 2 aromatic heterocycles. The minimum atomic E-state index is 0.586. The largest absolute Gasteiger partial charge is 0.375 e. The first-order valence-corrected chi connectivity index (χ1v) is 7.69. The zero-order valence-electron chi connectivity index (χ0n) is 12.3. The Bertz CT molecular complexity index is 806. The van der Waals surface area contributed by atoms with Gasteiger partial charge in [-0.3, -0.25) is 4.98 Å². The molecule has 0 unspecified atom stereocenters. The Morgan fingerprint density at radius 1 is 0.905 bits per heavy atom. The summed E-state index contributed by atoms with van der Waals surface area (Å²) in [6.07, 6.45) is 0. The molecule has 2 heterocycles. The second-order valence-corrected chi connectivity index (χ2v) is 6.11. The first kappa shape index (κ1) is 13.8. The lowest BCUT2D eigenvalue weighted by molar-refractivity contribution is 1.19. The molecule has 106 valence electrons. The molecular weight excluding hydrogens is 278 g/mol. The molecule has 0 saturated carbocycles. The lowest BCUT2D eigenvalue weighted by Crippen LogP contribution is -1.94. The van der Waals surface area contributed by atoms with E-state index < -0.39 is 0 Å². The first-order chi connectivity index (χ1) is 10.0. The van der Waals surface area contributed by atoms with Gasteiger partial charge in [0.1, 0.15) is 0 Å². The third-order valence-corrected chi connectivity index (χ3v) is 4.23. The Morgan fingerprint density at radius 2 is 1.71 bits per heavy atom. The van der Waals surface area contributed by atoms with E-state index in [4.69, 9.17) is 10.7 Å². The Hall–Kier alpha value is -2.20. The van der Waals surface area contributed by atoms with Gasteiger partial charge in [0.05, 0.1) is 11.4 Å². The topological polar surface area (TPSA) is 51.8 Å². The predicted molar refractivity (Wildman–Crippen MR) is 89.4 cm³/mol. The van der Waals surface area contributed by atoms with Gasteiger partial charge in [-0.25, -0.2) is 4.98 Å². The van der Waals surface area contributed by atoms with E-state index in [-0.39, 0.29) is 0 Å². The molecule has 0 radical (unpaired) electrons. The third kappa shape index (κ3) is 2.67. The van der Waals surface area contributed by atoms with Crippen molar-refractivity contribution in [1.29, 1.82) is 0 Å². The van der Waals surface area contributed by atoms with Crippen LogP contribution in [-0.4, -0.2) is 9.97 Å². The molecular formula is C17H17N3S. The molecule has 0 saturated heterocycles. The molecule has 0 amide bonds. The van der Waals surface area contributed by atoms with Crippen LogP contribution >= 0.6 is 11.3 Å². The average molecular weight is 295 g/mol. The Morgan fingerprint density at radius 3 is 2.38 bits per heavy atom. The molecule has 0 spiro atoms. The van der Waals surface area contributed by atoms with Crippen molar-refractivity contribution in [2.75, 3.05) is 5.73 Å². The van der Waals surface area contributed by atoms with Crippen LogP contribution in [0.1, 0.15) is 16.8 Å². The summed E-state index contributed by atoms with van der Waals surface area (Å²) in [7, 11) is 0. The van der Waals surface area contributed by atoms with Gasteiger partial charge in [-0.2, -0.15) is 0 Å². The molecule has 0 bridgehead atoms. The third-order valence-electron chi connectivity index (χ3n) is 3.55. The minimum Gasteiger partial charge on any atom is -0.375 e. The number of hydrogen-bond donors (Lipinski definition) is 1. The number of benzene rings is 1. The van der Waals surface area contributed by atoms with Crippen LogP contribution in [0, 0.1) is 20.8 Å². The van der Waals surface area contributed by atoms with E-state index in [2.05, 4.69) is 49.2 Å². The fraction of sp³-hybridized carbons (Fsp3) is 0.176. The van der Waals surface area contributed by atoms with Gasteiger partial charge in [0, 0.05) is 22.2 Å². The molecule has 21 heavy (non-hydrogen) atoms. The van der Waals surface area contributed by atoms with Crippen LogP contribution in [-0.2, 0) is 0 Å². The van der Waals surface area contributed by atoms with Crippen molar-refractivity contribution in [1.82, 2.24) is 9.97 Å². The van der Waals surface area contributed by atoms with E-state index in [1.54, 1.807) is 0 Å². The molecule has 3 nitrogen and oxygen atoms in total. The molecule has 0 fully saturated rings. The van der Waals surface area contributed by atoms with Crippen LogP contribution in [0.2, 0.25) is 0 Å². The van der Waals surface area contributed by atoms with E-state index in [0.717, 1.165) is 22.6 Å². The number of thiazole rings is 1. The molecule has 3 aromatic rings. The van der Waals surface area contributed by atoms with Gasteiger partial charge in [-0.15, -0.1) is 11.3 Å². The summed E-state index contributed by atoms with van der Waals surface area (Å²) in [5.41, 5.74) is 13.3. The molecule has 1 aromatic carbocycles. The zero-order valence-corrected chi connectivity index (χ0v) is 13.2. The van der Waals surface area contributed by atoms with Gasteiger partial charge in [-0.1, -0.05) is 17.7 Å². The number of nitrogen functional groups attached to an aromatic ring is 1. The van der Waals surface area contributed by atoms with Crippen molar-refractivity contribution in [3.8, 4) is 22.5 Å². The van der Waals surface area contributed by atoms with Crippen molar-refractivity contribution < 1.29 is 0 Å². The molecule has 0 atom stereocenters. The Kier molecular flexibility index (Phi) is 3.47. The number of anilines is 1. The summed E-state index contributed by atoms with van der Waals surface area (Å²) < 4.78 is 0. The Labute approximate surface area is 128 Å². The van der Waals surface area contributed by atoms with E-state index in [1.165, 1.54) is 28.0 Å². The van der Waals surface area contributed by atoms with Gasteiger partial charge < -0.3 is 5.73 Å². The predicted octanol–water partition coefficient (Wildman–Crippen LogP) is 4.38. The second kappa shape index (κ2) is 5.30. The number of nitrogens with zero attached hydrogens (tertiary/aromatic N) is 2. The number of rotatable bonds is 2. The number of pyridine rings is 1. The number of aromatic nitrogens is 2. The highest BCUT2D eigenvalue weighted by atomic mass is 32.1. The summed E-state index contributed by atoms with van der Waals surface area (Å²) >= 11 is 1.45. The summed E-state index contributed by atoms with van der Waals surface area (Å²) in [6, 6.07) is 10.6. The maximum atomic E-state index is 5.71. The monoisotopic (exact) mass is 295 g/mol. The van der Waals surface area contributed by atoms with Crippen LogP contribution in [0.4, 0.5) is 5.13 Å². The highest BCUT2D eigenvalue weighted by Crippen LogP contribution is 2.29. The SMILES string of the molecule is Cc1ccc(C)c(-c2ccc(-c3csc(N)n3)c(C)n2)c1. The minimum absolute atomic E-state index is 0.586. The molecule has 0 aliphatic carbocycles. The average Bonchev–Trinajstić information content (AvgIpc) is 2.88. The number of aryl methyl sites for hydroxylation is 3. The normalized spacial score (nSPS) is 10.8. The van der Waals surface area contributed by atoms with Gasteiger partial charge in [0.25, 0.3) is 0 Å². The van der Waals surface area contributed by atoms with E-state index in [9.17, 15) is 0 Å². The smallest absolute Gasteiger partial charge is 0.180 e. The number of nitrogens with two attached hydrogens (primary N) is 1. The summed E-state index contributed by atoms with van der Waals surface area (Å²) in [5.74, 6) is 0. The quantitative estimate of drug-likeness (QED) is 0.763. The standard InChI is InChI=1S/C17H17N3S/c1-10-4-5-11(2)14(8-10)15-7-6-13(12(3)19-15)16-9-21-17(18)20-16/h4-9H,1-3H3,(H2,18,20). The van der Waals surface area contributed by atoms with Crippen LogP contribution in [0.3, 0.4) is 0 Å². The molecule has 4 heteroatoms. The van der Waals surface area contributed by atoms with Crippen molar-refractivity contribution >= 4 is 16.5 Å². The van der Waals surface area contributed by atoms with E-state index in [1.807, 2.05) is 12.3 Å². The maximum absolute atomic E-state index is 5.71. The molecule has 2 N–H and O–H groups in total. The first-order valence-electron chi connectivity index (χ1n) is 6.81. The molecule has 0 aliphatic heterocycles. The van der Waals surface area contributed by atoms with Gasteiger partial charge in [0.2, 0.25) is 0 Å². The van der Waals surface area contributed by atoms with E-state index in [0.29, 0.717) is 5.13 Å². The molecule has 3 rings (SSSR count). The van der Waals surface area contributed by atoms with Gasteiger partial charge in [0.15, 0.2) is 5.13 Å². The number of hydrogen-bond acceptors (Lipinski definition) is 4. The summed E-state index contributed by atoms with van der Waals surface area (Å²) in [5, 5.41) is 2.56.